The smallest absolute Gasteiger partial charge is 0.264 e. The van der Waals surface area contributed by atoms with Crippen molar-refractivity contribution in [3.8, 4) is 0 Å². The Kier molecular flexibility index (Phi) is 6.03. The minimum Gasteiger partial charge on any atom is -0.314 e. The zero-order chi connectivity index (χ0) is 21.0. The number of carbonyl (C=O) groups is 1. The summed E-state index contributed by atoms with van der Waals surface area (Å²) in [4.78, 5) is 14.6. The fourth-order valence-electron chi connectivity index (χ4n) is 3.00. The third kappa shape index (κ3) is 4.49. The predicted octanol–water partition coefficient (Wildman–Crippen LogP) is 4.16. The molecule has 0 fully saturated rings. The van der Waals surface area contributed by atoms with Crippen molar-refractivity contribution in [2.75, 3.05) is 22.8 Å². The van der Waals surface area contributed by atoms with Gasteiger partial charge in [-0.1, -0.05) is 54.1 Å². The first kappa shape index (κ1) is 20.6. The summed E-state index contributed by atoms with van der Waals surface area (Å²) in [5.74, 6) is -0.324. The third-order valence-corrected chi connectivity index (χ3v) is 6.56. The molecule has 0 radical (unpaired) electrons. The maximum atomic E-state index is 13.4. The molecule has 0 aromatic heterocycles. The fourth-order valence-corrected chi connectivity index (χ4v) is 4.48. The minimum atomic E-state index is -3.92. The molecule has 0 heterocycles. The van der Waals surface area contributed by atoms with Crippen LogP contribution in [0.3, 0.4) is 0 Å². The van der Waals surface area contributed by atoms with E-state index in [9.17, 15) is 13.2 Å². The van der Waals surface area contributed by atoms with E-state index in [1.165, 1.54) is 9.21 Å². The van der Waals surface area contributed by atoms with Gasteiger partial charge in [0.25, 0.3) is 10.0 Å². The average molecular weight is 409 g/mol. The van der Waals surface area contributed by atoms with Gasteiger partial charge in [0.2, 0.25) is 5.91 Å². The second kappa shape index (κ2) is 8.49. The van der Waals surface area contributed by atoms with E-state index in [0.29, 0.717) is 11.4 Å². The minimum absolute atomic E-state index is 0.154. The van der Waals surface area contributed by atoms with Crippen molar-refractivity contribution in [1.82, 2.24) is 0 Å². The molecule has 0 saturated heterocycles. The number of likely N-dealkylation sites (N-methyl/N-ethyl adjacent to an activating group) is 1. The second-order valence-corrected chi connectivity index (χ2v) is 8.76. The molecule has 3 aromatic carbocycles. The van der Waals surface area contributed by atoms with Gasteiger partial charge in [0.1, 0.15) is 6.54 Å². The van der Waals surface area contributed by atoms with Gasteiger partial charge in [0.15, 0.2) is 0 Å². The van der Waals surface area contributed by atoms with E-state index in [1.807, 2.05) is 56.3 Å². The molecule has 0 spiro atoms. The number of carbonyl (C=O) groups excluding carboxylic acids is 1. The summed E-state index contributed by atoms with van der Waals surface area (Å²) >= 11 is 0. The Morgan fingerprint density at radius 3 is 2.03 bits per heavy atom. The fraction of sp³-hybridized carbons (Fsp3) is 0.174. The molecule has 5 nitrogen and oxygen atoms in total. The number of amides is 1. The lowest BCUT2D eigenvalue weighted by atomic mass is 10.2. The lowest BCUT2D eigenvalue weighted by Gasteiger charge is -2.28. The number of anilines is 2. The number of aryl methyl sites for hydroxylation is 2. The number of benzene rings is 3. The van der Waals surface area contributed by atoms with Crippen LogP contribution in [0.1, 0.15) is 11.1 Å². The molecule has 0 aliphatic heterocycles. The molecule has 150 valence electrons. The van der Waals surface area contributed by atoms with E-state index < -0.39 is 10.0 Å². The quantitative estimate of drug-likeness (QED) is 0.615. The van der Waals surface area contributed by atoms with Crippen LogP contribution in [0.15, 0.2) is 83.8 Å². The van der Waals surface area contributed by atoms with E-state index in [0.717, 1.165) is 11.1 Å². The van der Waals surface area contributed by atoms with Crippen LogP contribution < -0.4 is 9.21 Å². The largest absolute Gasteiger partial charge is 0.314 e. The van der Waals surface area contributed by atoms with Gasteiger partial charge in [-0.05, 0) is 49.7 Å². The second-order valence-electron chi connectivity index (χ2n) is 6.90. The Hall–Kier alpha value is -3.12. The van der Waals surface area contributed by atoms with Crippen molar-refractivity contribution < 1.29 is 13.2 Å². The monoisotopic (exact) mass is 408 g/mol. The summed E-state index contributed by atoms with van der Waals surface area (Å²) in [7, 11) is -2.27. The highest BCUT2D eigenvalue weighted by molar-refractivity contribution is 7.92. The average Bonchev–Trinajstić information content (AvgIpc) is 2.73. The van der Waals surface area contributed by atoms with Crippen molar-refractivity contribution in [2.24, 2.45) is 0 Å². The molecule has 0 unspecified atom stereocenters. The van der Waals surface area contributed by atoms with Gasteiger partial charge >= 0.3 is 0 Å². The zero-order valence-corrected chi connectivity index (χ0v) is 17.6. The van der Waals surface area contributed by atoms with Gasteiger partial charge in [-0.25, -0.2) is 8.42 Å². The molecule has 3 rings (SSSR count). The van der Waals surface area contributed by atoms with Crippen LogP contribution >= 0.6 is 0 Å². The van der Waals surface area contributed by atoms with Crippen molar-refractivity contribution in [3.63, 3.8) is 0 Å². The Balaban J connectivity index is 2.01. The Morgan fingerprint density at radius 2 is 1.41 bits per heavy atom. The van der Waals surface area contributed by atoms with E-state index >= 15 is 0 Å². The molecule has 0 atom stereocenters. The van der Waals surface area contributed by atoms with Crippen LogP contribution in [-0.2, 0) is 14.8 Å². The van der Waals surface area contributed by atoms with Gasteiger partial charge < -0.3 is 4.90 Å². The molecule has 0 N–H and O–H groups in total. The number of sulfonamides is 1. The van der Waals surface area contributed by atoms with Crippen molar-refractivity contribution in [2.45, 2.75) is 18.7 Å². The van der Waals surface area contributed by atoms with Crippen LogP contribution in [-0.4, -0.2) is 27.9 Å². The topological polar surface area (TPSA) is 57.7 Å². The summed E-state index contributed by atoms with van der Waals surface area (Å²) in [6, 6.07) is 23.0. The Morgan fingerprint density at radius 1 is 0.828 bits per heavy atom. The normalized spacial score (nSPS) is 11.1. The van der Waals surface area contributed by atoms with E-state index in [1.54, 1.807) is 43.4 Å². The van der Waals surface area contributed by atoms with Crippen LogP contribution in [0.25, 0.3) is 0 Å². The number of hydrogen-bond donors (Lipinski definition) is 0. The molecule has 0 bridgehead atoms. The summed E-state index contributed by atoms with van der Waals surface area (Å²) in [5.41, 5.74) is 2.93. The molecule has 6 heteroatoms. The van der Waals surface area contributed by atoms with Crippen LogP contribution in [0.5, 0.6) is 0 Å². The lowest BCUT2D eigenvalue weighted by Crippen LogP contribution is -2.42. The molecule has 29 heavy (non-hydrogen) atoms. The van der Waals surface area contributed by atoms with Gasteiger partial charge in [-0.2, -0.15) is 0 Å². The molecule has 0 saturated carbocycles. The van der Waals surface area contributed by atoms with E-state index in [-0.39, 0.29) is 17.3 Å². The molecule has 0 aliphatic carbocycles. The van der Waals surface area contributed by atoms with Gasteiger partial charge in [0.05, 0.1) is 10.6 Å². The summed E-state index contributed by atoms with van der Waals surface area (Å²) in [5, 5.41) is 0. The van der Waals surface area contributed by atoms with E-state index in [2.05, 4.69) is 0 Å². The first-order chi connectivity index (χ1) is 13.8. The number of nitrogens with zero attached hydrogens (tertiary/aromatic N) is 2. The summed E-state index contributed by atoms with van der Waals surface area (Å²) < 4.78 is 28.1. The number of rotatable bonds is 6. The predicted molar refractivity (Wildman–Crippen MR) is 117 cm³/mol. The highest BCUT2D eigenvalue weighted by Gasteiger charge is 2.29. The number of para-hydroxylation sites is 2. The highest BCUT2D eigenvalue weighted by atomic mass is 32.2. The van der Waals surface area contributed by atoms with Crippen molar-refractivity contribution in [1.29, 1.82) is 0 Å². The Bertz CT molecular complexity index is 1090. The van der Waals surface area contributed by atoms with Gasteiger partial charge in [-0.15, -0.1) is 0 Å². The zero-order valence-electron chi connectivity index (χ0n) is 16.7. The first-order valence-electron chi connectivity index (χ1n) is 9.27. The van der Waals surface area contributed by atoms with Crippen molar-refractivity contribution >= 4 is 27.3 Å². The van der Waals surface area contributed by atoms with Crippen LogP contribution in [0, 0.1) is 13.8 Å². The summed E-state index contributed by atoms with van der Waals surface area (Å²) in [6.07, 6.45) is 0. The lowest BCUT2D eigenvalue weighted by molar-refractivity contribution is -0.116. The van der Waals surface area contributed by atoms with Crippen LogP contribution in [0.2, 0.25) is 0 Å². The molecular weight excluding hydrogens is 384 g/mol. The van der Waals surface area contributed by atoms with Gasteiger partial charge in [0, 0.05) is 12.7 Å². The highest BCUT2D eigenvalue weighted by Crippen LogP contribution is 2.27. The summed E-state index contributed by atoms with van der Waals surface area (Å²) in [6.45, 7) is 3.43. The van der Waals surface area contributed by atoms with Crippen LogP contribution in [0.4, 0.5) is 11.4 Å². The molecule has 0 aliphatic rings. The Labute approximate surface area is 172 Å². The molecule has 3 aromatic rings. The molecule has 1 amide bonds. The maximum Gasteiger partial charge on any atom is 0.264 e. The third-order valence-electron chi connectivity index (χ3n) is 4.79. The van der Waals surface area contributed by atoms with Crippen molar-refractivity contribution in [3.05, 3.63) is 90.0 Å². The van der Waals surface area contributed by atoms with Gasteiger partial charge in [-0.3, -0.25) is 9.10 Å². The SMILES string of the molecule is Cc1ccc(S(=O)(=O)N(CC(=O)N(C)c2ccccc2)c2ccccc2C)cc1. The van der Waals surface area contributed by atoms with E-state index in [4.69, 9.17) is 0 Å². The maximum absolute atomic E-state index is 13.4. The number of hydrogen-bond acceptors (Lipinski definition) is 3. The molecular formula is C23H24N2O3S. The standard InChI is InChI=1S/C23H24N2O3S/c1-18-13-15-21(16-14-18)29(27,28)25(22-12-8-7-9-19(22)2)17-23(26)24(3)20-10-5-4-6-11-20/h4-16H,17H2,1-3H3. The first-order valence-corrected chi connectivity index (χ1v) is 10.7.